The zero-order valence-electron chi connectivity index (χ0n) is 26.0. The predicted molar refractivity (Wildman–Crippen MR) is 173 cm³/mol. The third kappa shape index (κ3) is 5.49. The van der Waals surface area contributed by atoms with Crippen LogP contribution in [-0.2, 0) is 31.3 Å². The lowest BCUT2D eigenvalue weighted by Gasteiger charge is -2.31. The molecule has 3 aromatic carbocycles. The van der Waals surface area contributed by atoms with E-state index in [-0.39, 0.29) is 37.3 Å². The average Bonchev–Trinajstić information content (AvgIpc) is 3.65. The van der Waals surface area contributed by atoms with Crippen molar-refractivity contribution in [3.05, 3.63) is 90.0 Å². The van der Waals surface area contributed by atoms with Crippen LogP contribution in [0.4, 0.5) is 21.2 Å². The van der Waals surface area contributed by atoms with Gasteiger partial charge in [0.1, 0.15) is 0 Å². The summed E-state index contributed by atoms with van der Waals surface area (Å²) in [6.07, 6.45) is 0.235. The number of hydrogen-bond acceptors (Lipinski definition) is 5. The van der Waals surface area contributed by atoms with E-state index in [0.717, 1.165) is 12.0 Å². The fourth-order valence-corrected chi connectivity index (χ4v) is 10.1. The molecule has 10 heteroatoms. The molecule has 0 radical (unpaired) electrons. The second-order valence-corrected chi connectivity index (χ2v) is 16.6. The molecule has 3 amide bonds. The molecule has 0 bridgehead atoms. The van der Waals surface area contributed by atoms with E-state index in [1.165, 1.54) is 0 Å². The molecule has 3 aliphatic rings. The molecule has 0 saturated carbocycles. The number of ether oxygens (including phenoxy) is 1. The highest BCUT2D eigenvalue weighted by atomic mass is 28.4. The molecular formula is C35H40FN3O5Si. The van der Waals surface area contributed by atoms with Gasteiger partial charge < -0.3 is 23.8 Å². The number of aliphatic hydroxyl groups excluding tert-OH is 1. The number of carbonyl (C=O) groups is 3. The van der Waals surface area contributed by atoms with Gasteiger partial charge in [-0.3, -0.25) is 19.3 Å². The smallest absolute Gasteiger partial charge is 0.268 e. The summed E-state index contributed by atoms with van der Waals surface area (Å²) < 4.78 is 23.2. The van der Waals surface area contributed by atoms with Gasteiger partial charge in [-0.2, -0.15) is 0 Å². The molecule has 2 fully saturated rings. The van der Waals surface area contributed by atoms with E-state index in [4.69, 9.17) is 4.74 Å². The van der Waals surface area contributed by atoms with E-state index in [9.17, 15) is 19.5 Å². The summed E-state index contributed by atoms with van der Waals surface area (Å²) in [6.45, 7) is 5.88. The molecule has 3 aliphatic heterocycles. The van der Waals surface area contributed by atoms with Crippen LogP contribution in [0, 0.1) is 5.92 Å². The molecule has 236 valence electrons. The number of hydrogen-bond donors (Lipinski definition) is 1. The maximum Gasteiger partial charge on any atom is 0.268 e. The number of nitrogens with zero attached hydrogens (tertiary/aromatic N) is 3. The Morgan fingerprint density at radius 1 is 1.04 bits per heavy atom. The summed E-state index contributed by atoms with van der Waals surface area (Å²) in [6, 6.07) is 24.3. The fourth-order valence-electron chi connectivity index (χ4n) is 7.60. The maximum absolute atomic E-state index is 16.4. The van der Waals surface area contributed by atoms with Crippen molar-refractivity contribution in [2.75, 3.05) is 29.5 Å². The second kappa shape index (κ2) is 12.1. The van der Waals surface area contributed by atoms with Crippen molar-refractivity contribution in [3.63, 3.8) is 0 Å². The number of rotatable bonds is 9. The summed E-state index contributed by atoms with van der Waals surface area (Å²) in [5.74, 6) is -1.16. The van der Waals surface area contributed by atoms with E-state index in [1.807, 2.05) is 85.8 Å². The quantitative estimate of drug-likeness (QED) is 0.243. The Kier molecular flexibility index (Phi) is 8.40. The maximum atomic E-state index is 16.4. The van der Waals surface area contributed by atoms with Crippen molar-refractivity contribution in [1.29, 1.82) is 0 Å². The van der Waals surface area contributed by atoms with Crippen molar-refractivity contribution in [1.82, 2.24) is 4.90 Å². The van der Waals surface area contributed by atoms with Gasteiger partial charge in [0.15, 0.2) is 5.60 Å². The second-order valence-electron chi connectivity index (χ2n) is 12.8. The van der Waals surface area contributed by atoms with Gasteiger partial charge in [0.05, 0.1) is 24.8 Å². The Bertz CT molecular complexity index is 1580. The van der Waals surface area contributed by atoms with Gasteiger partial charge in [-0.05, 0) is 55.4 Å². The molecule has 3 aromatic rings. The predicted octanol–water partition coefficient (Wildman–Crippen LogP) is 5.68. The normalized spacial score (nSPS) is 24.5. The molecule has 1 N–H and O–H groups in total. The van der Waals surface area contributed by atoms with Crippen LogP contribution in [0.1, 0.15) is 37.3 Å². The zero-order chi connectivity index (χ0) is 31.9. The summed E-state index contributed by atoms with van der Waals surface area (Å²) in [5.41, 5.74) is 1.26. The molecule has 2 saturated heterocycles. The number of halogens is 1. The molecular weight excluding hydrogens is 589 g/mol. The Hall–Kier alpha value is -3.86. The number of aliphatic hydroxyl groups is 1. The highest BCUT2D eigenvalue weighted by molar-refractivity contribution is 6.72. The van der Waals surface area contributed by atoms with Crippen LogP contribution in [-0.4, -0.2) is 61.9 Å². The molecule has 4 atom stereocenters. The first-order valence-electron chi connectivity index (χ1n) is 15.7. The topological polar surface area (TPSA) is 90.4 Å². The molecule has 6 rings (SSSR count). The third-order valence-corrected chi connectivity index (χ3v) is 12.0. The van der Waals surface area contributed by atoms with Crippen molar-refractivity contribution >= 4 is 43.2 Å². The molecule has 0 aliphatic carbocycles. The van der Waals surface area contributed by atoms with Gasteiger partial charge in [-0.1, -0.05) is 55.5 Å². The molecule has 8 nitrogen and oxygen atoms in total. The first-order valence-corrected chi connectivity index (χ1v) is 18.7. The van der Waals surface area contributed by atoms with Crippen LogP contribution < -0.4 is 9.80 Å². The van der Waals surface area contributed by atoms with Crippen LogP contribution >= 0.6 is 0 Å². The van der Waals surface area contributed by atoms with E-state index in [1.54, 1.807) is 27.8 Å². The lowest BCUT2D eigenvalue weighted by molar-refractivity contribution is -0.149. The minimum atomic E-state index is -3.52. The van der Waals surface area contributed by atoms with Crippen LogP contribution in [0.3, 0.4) is 0 Å². The molecule has 45 heavy (non-hydrogen) atoms. The average molecular weight is 630 g/mol. The highest BCUT2D eigenvalue weighted by Gasteiger charge is 2.67. The van der Waals surface area contributed by atoms with Crippen LogP contribution in [0.5, 0.6) is 0 Å². The van der Waals surface area contributed by atoms with E-state index in [2.05, 4.69) is 0 Å². The molecule has 0 aromatic heterocycles. The van der Waals surface area contributed by atoms with Crippen molar-refractivity contribution in [2.24, 2.45) is 5.92 Å². The minimum absolute atomic E-state index is 0.0228. The molecule has 1 spiro atoms. The lowest BCUT2D eigenvalue weighted by atomic mass is 9.82. The van der Waals surface area contributed by atoms with Gasteiger partial charge in [-0.15, -0.1) is 0 Å². The number of para-hydroxylation sites is 1. The fraction of sp³-hybridized carbons (Fsp3) is 0.400. The largest absolute Gasteiger partial charge is 0.395 e. The van der Waals surface area contributed by atoms with Gasteiger partial charge in [-0.25, -0.2) is 0 Å². The SMILES string of the molecule is C[C@@H]1[C@@H]([Si](C)(C)F)[C@H](CC(=O)N(CCO)Cc2ccccc2)O[C@@]12C(=O)N(c1ccccc1)c1ccc(N3CCCC3=O)cc12. The summed E-state index contributed by atoms with van der Waals surface area (Å²) in [7, 11) is -3.52. The Balaban J connectivity index is 1.42. The molecule has 3 heterocycles. The summed E-state index contributed by atoms with van der Waals surface area (Å²) in [4.78, 5) is 46.2. The van der Waals surface area contributed by atoms with Crippen molar-refractivity contribution in [2.45, 2.75) is 63.1 Å². The first kappa shape index (κ1) is 31.1. The standard InChI is InChI=1S/C35H40FN3O5Si/c1-24-33(45(2,3)36)30(22-32(42)37(19-20-40)23-25-11-6-4-7-12-25)44-35(24)28-21-27(38-18-10-15-31(38)41)16-17-29(28)39(34(35)43)26-13-8-5-9-14-26/h4-9,11-14,16-17,21,24,30,33,40H,10,15,18-20,22-23H2,1-3H3/t24-,30+,33-,35+/m1/s1. The number of amides is 3. The Morgan fingerprint density at radius 2 is 1.73 bits per heavy atom. The zero-order valence-corrected chi connectivity index (χ0v) is 27.0. The Morgan fingerprint density at radius 3 is 2.36 bits per heavy atom. The van der Waals surface area contributed by atoms with E-state index in [0.29, 0.717) is 42.1 Å². The van der Waals surface area contributed by atoms with Crippen LogP contribution in [0.2, 0.25) is 18.6 Å². The number of carbonyl (C=O) groups excluding carboxylic acids is 3. The lowest BCUT2D eigenvalue weighted by Crippen LogP contribution is -2.44. The number of fused-ring (bicyclic) bond motifs is 2. The summed E-state index contributed by atoms with van der Waals surface area (Å²) >= 11 is 0. The van der Waals surface area contributed by atoms with Crippen LogP contribution in [0.25, 0.3) is 0 Å². The van der Waals surface area contributed by atoms with Gasteiger partial charge >= 0.3 is 0 Å². The van der Waals surface area contributed by atoms with Crippen LogP contribution in [0.15, 0.2) is 78.9 Å². The first-order chi connectivity index (χ1) is 21.6. The third-order valence-electron chi connectivity index (χ3n) is 9.57. The van der Waals surface area contributed by atoms with Gasteiger partial charge in [0.25, 0.3) is 5.91 Å². The van der Waals surface area contributed by atoms with Gasteiger partial charge in [0, 0.05) is 54.5 Å². The molecule has 0 unspecified atom stereocenters. The van der Waals surface area contributed by atoms with Gasteiger partial charge in [0.2, 0.25) is 20.2 Å². The highest BCUT2D eigenvalue weighted by Crippen LogP contribution is 2.61. The van der Waals surface area contributed by atoms with E-state index >= 15 is 4.11 Å². The summed E-state index contributed by atoms with van der Waals surface area (Å²) in [5, 5.41) is 9.77. The minimum Gasteiger partial charge on any atom is -0.395 e. The number of benzene rings is 3. The van der Waals surface area contributed by atoms with Crippen molar-refractivity contribution in [3.8, 4) is 0 Å². The van der Waals surface area contributed by atoms with Crippen molar-refractivity contribution < 1.29 is 28.3 Å². The Labute approximate surface area is 264 Å². The number of anilines is 3. The van der Waals surface area contributed by atoms with E-state index < -0.39 is 31.6 Å². The monoisotopic (exact) mass is 629 g/mol.